The van der Waals surface area contributed by atoms with Crippen LogP contribution in [0.3, 0.4) is 0 Å². The molecule has 0 spiro atoms. The lowest BCUT2D eigenvalue weighted by molar-refractivity contribution is -0.384. The molecule has 98 valence electrons. The minimum Gasteiger partial charge on any atom is -0.380 e. The molecule has 1 aromatic rings. The number of nitrogens with one attached hydrogen (secondary N) is 1. The zero-order valence-electron chi connectivity index (χ0n) is 9.81. The van der Waals surface area contributed by atoms with Crippen LogP contribution in [0.5, 0.6) is 0 Å². The first-order valence-corrected chi connectivity index (χ1v) is 5.74. The highest BCUT2D eigenvalue weighted by Crippen LogP contribution is 2.21. The maximum absolute atomic E-state index is 11.7. The number of hydrogen-bond acceptors (Lipinski definition) is 4. The molecule has 0 aliphatic carbocycles. The van der Waals surface area contributed by atoms with Gasteiger partial charge in [-0.15, -0.1) is 0 Å². The van der Waals surface area contributed by atoms with Crippen molar-refractivity contribution in [2.24, 2.45) is 0 Å². The van der Waals surface area contributed by atoms with Crippen LogP contribution >= 0.6 is 11.6 Å². The van der Waals surface area contributed by atoms with Gasteiger partial charge in [-0.2, -0.15) is 0 Å². The highest BCUT2D eigenvalue weighted by Gasteiger charge is 2.15. The molecule has 0 atom stereocenters. The number of hydrogen-bond donors (Lipinski definition) is 1. The predicted octanol–water partition coefficient (Wildman–Crippen LogP) is 2.01. The van der Waals surface area contributed by atoms with Gasteiger partial charge in [0.25, 0.3) is 11.6 Å². The Labute approximate surface area is 109 Å². The molecular formula is C11H13ClN2O4. The molecule has 0 unspecified atom stereocenters. The molecule has 0 bridgehead atoms. The molecule has 1 rings (SSSR count). The van der Waals surface area contributed by atoms with E-state index in [4.69, 9.17) is 16.3 Å². The fourth-order valence-electron chi connectivity index (χ4n) is 1.28. The molecule has 1 N–H and O–H groups in total. The fraction of sp³-hybridized carbons (Fsp3) is 0.364. The number of non-ortho nitro benzene ring substituents is 1. The third-order valence-electron chi connectivity index (χ3n) is 2.14. The number of amides is 1. The summed E-state index contributed by atoms with van der Waals surface area (Å²) in [6.07, 6.45) is 0. The summed E-state index contributed by atoms with van der Waals surface area (Å²) in [6, 6.07) is 3.73. The minimum absolute atomic E-state index is 0.0855. The van der Waals surface area contributed by atoms with Gasteiger partial charge >= 0.3 is 0 Å². The Morgan fingerprint density at radius 3 is 2.89 bits per heavy atom. The predicted molar refractivity (Wildman–Crippen MR) is 66.9 cm³/mol. The van der Waals surface area contributed by atoms with Gasteiger partial charge in [0.15, 0.2) is 0 Å². The third kappa shape index (κ3) is 3.97. The number of halogens is 1. The molecule has 0 fully saturated rings. The van der Waals surface area contributed by atoms with Crippen molar-refractivity contribution in [2.75, 3.05) is 19.8 Å². The summed E-state index contributed by atoms with van der Waals surface area (Å²) in [5, 5.41) is 13.3. The van der Waals surface area contributed by atoms with Crippen LogP contribution in [-0.4, -0.2) is 30.6 Å². The van der Waals surface area contributed by atoms with E-state index in [9.17, 15) is 14.9 Å². The van der Waals surface area contributed by atoms with Crippen LogP contribution in [-0.2, 0) is 4.74 Å². The van der Waals surface area contributed by atoms with E-state index in [0.717, 1.165) is 6.07 Å². The largest absolute Gasteiger partial charge is 0.380 e. The van der Waals surface area contributed by atoms with E-state index in [-0.39, 0.29) is 16.3 Å². The molecule has 0 aliphatic heterocycles. The molecular weight excluding hydrogens is 260 g/mol. The first kappa shape index (κ1) is 14.4. The van der Waals surface area contributed by atoms with Crippen LogP contribution in [0.25, 0.3) is 0 Å². The normalized spacial score (nSPS) is 10.1. The number of nitrogens with zero attached hydrogens (tertiary/aromatic N) is 1. The number of nitro groups is 1. The van der Waals surface area contributed by atoms with Crippen molar-refractivity contribution in [2.45, 2.75) is 6.92 Å². The highest BCUT2D eigenvalue weighted by molar-refractivity contribution is 6.33. The van der Waals surface area contributed by atoms with E-state index in [2.05, 4.69) is 5.32 Å². The van der Waals surface area contributed by atoms with Gasteiger partial charge in [-0.3, -0.25) is 14.9 Å². The summed E-state index contributed by atoms with van der Waals surface area (Å²) in [6.45, 7) is 3.12. The topological polar surface area (TPSA) is 81.5 Å². The summed E-state index contributed by atoms with van der Waals surface area (Å²) in [5.41, 5.74) is -0.0864. The zero-order chi connectivity index (χ0) is 13.5. The number of rotatable bonds is 6. The second-order valence-electron chi connectivity index (χ2n) is 3.37. The van der Waals surface area contributed by atoms with Gasteiger partial charge in [0.05, 0.1) is 22.1 Å². The summed E-state index contributed by atoms with van der Waals surface area (Å²) in [7, 11) is 0. The molecule has 6 nitrogen and oxygen atoms in total. The monoisotopic (exact) mass is 272 g/mol. The molecule has 0 aliphatic rings. The average molecular weight is 273 g/mol. The van der Waals surface area contributed by atoms with Gasteiger partial charge in [-0.1, -0.05) is 11.6 Å². The SMILES string of the molecule is CCOCCNC(=O)c1cc([N+](=O)[O-])ccc1Cl. The Hall–Kier alpha value is -1.66. The van der Waals surface area contributed by atoms with Crippen LogP contribution in [0.4, 0.5) is 5.69 Å². The minimum atomic E-state index is -0.576. The van der Waals surface area contributed by atoms with Crippen LogP contribution in [0, 0.1) is 10.1 Å². The highest BCUT2D eigenvalue weighted by atomic mass is 35.5. The lowest BCUT2D eigenvalue weighted by atomic mass is 10.2. The average Bonchev–Trinajstić information content (AvgIpc) is 2.34. The second-order valence-corrected chi connectivity index (χ2v) is 3.78. The number of carbonyl (C=O) groups is 1. The smallest absolute Gasteiger partial charge is 0.270 e. The molecule has 0 heterocycles. The van der Waals surface area contributed by atoms with E-state index in [1.807, 2.05) is 6.92 Å². The Kier molecular flexibility index (Phi) is 5.54. The molecule has 0 aromatic heterocycles. The maximum Gasteiger partial charge on any atom is 0.270 e. The van der Waals surface area contributed by atoms with Crippen LogP contribution in [0.1, 0.15) is 17.3 Å². The molecule has 1 amide bonds. The van der Waals surface area contributed by atoms with Crippen molar-refractivity contribution in [3.63, 3.8) is 0 Å². The van der Waals surface area contributed by atoms with Gasteiger partial charge in [0, 0.05) is 25.3 Å². The Balaban J connectivity index is 2.72. The lowest BCUT2D eigenvalue weighted by Gasteiger charge is -2.06. The van der Waals surface area contributed by atoms with Crippen molar-refractivity contribution in [1.82, 2.24) is 5.32 Å². The number of nitro benzene ring substituents is 1. The van der Waals surface area contributed by atoms with Gasteiger partial charge < -0.3 is 10.1 Å². The molecule has 18 heavy (non-hydrogen) atoms. The summed E-state index contributed by atoms with van der Waals surface area (Å²) < 4.78 is 5.06. The molecule has 7 heteroatoms. The van der Waals surface area contributed by atoms with E-state index in [1.54, 1.807) is 0 Å². The Morgan fingerprint density at radius 1 is 1.56 bits per heavy atom. The van der Waals surface area contributed by atoms with Crippen molar-refractivity contribution in [3.05, 3.63) is 38.9 Å². The van der Waals surface area contributed by atoms with E-state index < -0.39 is 10.8 Å². The summed E-state index contributed by atoms with van der Waals surface area (Å²) in [4.78, 5) is 21.8. The standard InChI is InChI=1S/C11H13ClN2O4/c1-2-18-6-5-13-11(15)9-7-8(14(16)17)3-4-10(9)12/h3-4,7H,2,5-6H2,1H3,(H,13,15). The number of carbonyl (C=O) groups excluding carboxylic acids is 1. The van der Waals surface area contributed by atoms with Gasteiger partial charge in [-0.05, 0) is 13.0 Å². The maximum atomic E-state index is 11.7. The molecule has 0 saturated carbocycles. The van der Waals surface area contributed by atoms with Crippen molar-refractivity contribution in [1.29, 1.82) is 0 Å². The molecule has 1 aromatic carbocycles. The van der Waals surface area contributed by atoms with Crippen molar-refractivity contribution < 1.29 is 14.5 Å². The summed E-state index contributed by atoms with van der Waals surface area (Å²) in [5.74, 6) is -0.455. The number of ether oxygens (including phenoxy) is 1. The Morgan fingerprint density at radius 2 is 2.28 bits per heavy atom. The first-order valence-electron chi connectivity index (χ1n) is 5.36. The third-order valence-corrected chi connectivity index (χ3v) is 2.47. The van der Waals surface area contributed by atoms with Crippen molar-refractivity contribution in [3.8, 4) is 0 Å². The van der Waals surface area contributed by atoms with Gasteiger partial charge in [0.1, 0.15) is 0 Å². The molecule has 0 saturated heterocycles. The van der Waals surface area contributed by atoms with E-state index in [0.29, 0.717) is 19.8 Å². The van der Waals surface area contributed by atoms with Crippen LogP contribution in [0.15, 0.2) is 18.2 Å². The lowest BCUT2D eigenvalue weighted by Crippen LogP contribution is -2.27. The van der Waals surface area contributed by atoms with Crippen LogP contribution < -0.4 is 5.32 Å². The fourth-order valence-corrected chi connectivity index (χ4v) is 1.48. The van der Waals surface area contributed by atoms with Crippen molar-refractivity contribution >= 4 is 23.2 Å². The Bertz CT molecular complexity index is 451. The van der Waals surface area contributed by atoms with Crippen LogP contribution in [0.2, 0.25) is 5.02 Å². The number of benzene rings is 1. The first-order chi connectivity index (χ1) is 8.56. The zero-order valence-corrected chi connectivity index (χ0v) is 10.6. The van der Waals surface area contributed by atoms with Gasteiger partial charge in [-0.25, -0.2) is 0 Å². The van der Waals surface area contributed by atoms with E-state index >= 15 is 0 Å². The second kappa shape index (κ2) is 6.93. The summed E-state index contributed by atoms with van der Waals surface area (Å²) >= 11 is 5.82. The molecule has 0 radical (unpaired) electrons. The van der Waals surface area contributed by atoms with E-state index in [1.165, 1.54) is 12.1 Å². The van der Waals surface area contributed by atoms with Gasteiger partial charge in [0.2, 0.25) is 0 Å². The quantitative estimate of drug-likeness (QED) is 0.488.